The van der Waals surface area contributed by atoms with Crippen molar-refractivity contribution in [1.82, 2.24) is 9.55 Å². The van der Waals surface area contributed by atoms with Crippen molar-refractivity contribution < 1.29 is 0 Å². The summed E-state index contributed by atoms with van der Waals surface area (Å²) in [7, 11) is -0.486. The van der Waals surface area contributed by atoms with Gasteiger partial charge in [-0.1, -0.05) is 193 Å². The largest absolute Gasteiger partial charge is 0.327 e. The average Bonchev–Trinajstić information content (AvgIpc) is 3.65. The number of nitrogens with zero attached hydrogens (tertiary/aromatic N) is 2. The Morgan fingerprint density at radius 1 is 0.614 bits per heavy atom. The smallest absolute Gasteiger partial charge is 0.241 e. The quantitative estimate of drug-likeness (QED) is 0.0876. The van der Waals surface area contributed by atoms with Gasteiger partial charge in [-0.15, -0.1) is 6.58 Å². The van der Waals surface area contributed by atoms with Crippen LogP contribution < -0.4 is 16.4 Å². The van der Waals surface area contributed by atoms with Crippen LogP contribution in [0.5, 0.6) is 0 Å². The number of hydrogen-bond donors (Lipinski definition) is 0. The Kier molecular flexibility index (Phi) is 11.4. The average molecular weight is 589 g/mol. The molecule has 218 valence electrons. The molecule has 6 aromatic rings. The zero-order valence-corrected chi connectivity index (χ0v) is 26.9. The van der Waals surface area contributed by atoms with Crippen LogP contribution in [0.3, 0.4) is 0 Å². The van der Waals surface area contributed by atoms with E-state index in [1.54, 1.807) is 0 Å². The van der Waals surface area contributed by atoms with Crippen molar-refractivity contribution in [3.05, 3.63) is 194 Å². The molecule has 0 unspecified atom stereocenters. The lowest BCUT2D eigenvalue weighted by Crippen LogP contribution is -2.51. The Hall–Kier alpha value is -4.67. The molecule has 0 spiro atoms. The zero-order chi connectivity index (χ0) is 30.3. The summed E-state index contributed by atoms with van der Waals surface area (Å²) in [5.74, 6) is 0. The summed E-state index contributed by atoms with van der Waals surface area (Å²) in [6.45, 7) is 4.15. The Morgan fingerprint density at radius 2 is 1.05 bits per heavy atom. The van der Waals surface area contributed by atoms with Crippen molar-refractivity contribution >= 4 is 32.6 Å². The highest BCUT2D eigenvalue weighted by atomic mass is 28.2. The predicted molar refractivity (Wildman–Crippen MR) is 193 cm³/mol. The molecule has 0 fully saturated rings. The maximum absolute atomic E-state index is 4.37. The van der Waals surface area contributed by atoms with E-state index in [-0.39, 0.29) is 5.16 Å². The number of benzene rings is 5. The summed E-state index contributed by atoms with van der Waals surface area (Å²) in [6, 6.07) is 55.2. The third-order valence-electron chi connectivity index (χ3n) is 8.29. The van der Waals surface area contributed by atoms with Crippen LogP contribution in [0.25, 0.3) is 0 Å². The van der Waals surface area contributed by atoms with Gasteiger partial charge in [-0.3, -0.25) is 0 Å². The van der Waals surface area contributed by atoms with Crippen molar-refractivity contribution in [3.8, 4) is 0 Å². The van der Waals surface area contributed by atoms with E-state index in [2.05, 4.69) is 174 Å². The first-order chi connectivity index (χ1) is 21.8. The minimum Gasteiger partial charge on any atom is -0.327 e. The molecule has 1 heterocycles. The van der Waals surface area contributed by atoms with Gasteiger partial charge in [0, 0.05) is 12.4 Å². The van der Waals surface area contributed by atoms with Crippen LogP contribution in [0.15, 0.2) is 183 Å². The van der Waals surface area contributed by atoms with E-state index in [9.17, 15) is 0 Å². The van der Waals surface area contributed by atoms with Gasteiger partial charge in [-0.2, -0.15) is 0 Å². The van der Waals surface area contributed by atoms with E-state index >= 15 is 0 Å². The maximum atomic E-state index is 4.37. The van der Waals surface area contributed by atoms with Crippen LogP contribution in [-0.4, -0.2) is 25.8 Å². The van der Waals surface area contributed by atoms with E-state index in [1.165, 1.54) is 46.4 Å². The van der Waals surface area contributed by atoms with Gasteiger partial charge in [0.25, 0.3) is 0 Å². The van der Waals surface area contributed by atoms with Gasteiger partial charge in [-0.05, 0) is 17.5 Å². The topological polar surface area (TPSA) is 17.8 Å². The van der Waals surface area contributed by atoms with Crippen LogP contribution in [0, 0.1) is 0 Å². The van der Waals surface area contributed by atoms with Crippen LogP contribution in [0.4, 0.5) is 0 Å². The fraction of sp³-hybridized carbons (Fsp3) is 0.125. The van der Waals surface area contributed by atoms with Gasteiger partial charge < -0.3 is 4.57 Å². The van der Waals surface area contributed by atoms with Gasteiger partial charge in [0.1, 0.15) is 0 Å². The van der Waals surface area contributed by atoms with Crippen molar-refractivity contribution in [2.24, 2.45) is 0 Å². The maximum Gasteiger partial charge on any atom is 0.241 e. The number of unbranched alkanes of at least 4 members (excludes halogenated alkanes) is 2. The van der Waals surface area contributed by atoms with Gasteiger partial charge in [-0.25, -0.2) is 4.98 Å². The summed E-state index contributed by atoms with van der Waals surface area (Å²) in [5.41, 5.74) is 6.74. The molecule has 0 bridgehead atoms. The Balaban J connectivity index is 0.000000181. The van der Waals surface area contributed by atoms with Gasteiger partial charge in [0.2, 0.25) is 6.71 Å². The monoisotopic (exact) mass is 588 g/mol. The lowest BCUT2D eigenvalue weighted by Gasteiger charge is -2.37. The zero-order valence-electron chi connectivity index (χ0n) is 25.5. The molecule has 0 saturated carbocycles. The molecule has 0 N–H and O–H groups in total. The van der Waals surface area contributed by atoms with Crippen molar-refractivity contribution in [3.63, 3.8) is 0 Å². The molecule has 44 heavy (non-hydrogen) atoms. The van der Waals surface area contributed by atoms with Crippen LogP contribution in [0.2, 0.25) is 6.04 Å². The van der Waals surface area contributed by atoms with Crippen LogP contribution >= 0.6 is 0 Å². The molecule has 0 amide bonds. The second-order valence-electron chi connectivity index (χ2n) is 11.1. The Labute approximate surface area is 266 Å². The van der Waals surface area contributed by atoms with Gasteiger partial charge in [0.15, 0.2) is 0 Å². The van der Waals surface area contributed by atoms with E-state index in [0.29, 0.717) is 6.71 Å². The summed E-state index contributed by atoms with van der Waals surface area (Å²) in [6.07, 6.45) is 11.6. The summed E-state index contributed by atoms with van der Waals surface area (Å²) in [4.78, 5) is 4.37. The molecule has 0 aliphatic carbocycles. The second-order valence-corrected chi connectivity index (χ2v) is 13.3. The highest BCUT2D eigenvalue weighted by Crippen LogP contribution is 2.34. The number of hydrogen-bond acceptors (Lipinski definition) is 1. The second kappa shape index (κ2) is 16.3. The highest BCUT2D eigenvalue weighted by Gasteiger charge is 2.35. The molecule has 4 heteroatoms. The van der Waals surface area contributed by atoms with E-state index in [4.69, 9.17) is 0 Å². The normalized spacial score (nSPS) is 11.1. The minimum absolute atomic E-state index is 0.0762. The first kappa shape index (κ1) is 30.8. The first-order valence-electron chi connectivity index (χ1n) is 15.7. The number of allylic oxidation sites excluding steroid dienone is 1. The molecule has 0 saturated heterocycles. The molecule has 0 aliphatic rings. The number of rotatable bonds is 12. The van der Waals surface area contributed by atoms with Crippen molar-refractivity contribution in [2.45, 2.75) is 30.5 Å². The van der Waals surface area contributed by atoms with Crippen LogP contribution in [-0.2, 0) is 5.16 Å². The number of aromatic nitrogens is 2. The lowest BCUT2D eigenvalue weighted by molar-refractivity contribution is 0.588. The van der Waals surface area contributed by atoms with Crippen molar-refractivity contribution in [2.75, 3.05) is 0 Å². The third kappa shape index (κ3) is 7.64. The van der Waals surface area contributed by atoms with E-state index in [0.717, 1.165) is 6.42 Å². The summed E-state index contributed by atoms with van der Waals surface area (Å²) >= 11 is 0. The number of imidazole rings is 1. The molecular formula is C40H41BN2Si. The molecule has 0 atom stereocenters. The molecule has 2 nitrogen and oxygen atoms in total. The highest BCUT2D eigenvalue weighted by molar-refractivity contribution is 6.95. The van der Waals surface area contributed by atoms with Crippen LogP contribution in [0.1, 0.15) is 30.4 Å². The summed E-state index contributed by atoms with van der Waals surface area (Å²) in [5, 5.41) is -0.0762. The van der Waals surface area contributed by atoms with E-state index in [1.807, 2.05) is 18.6 Å². The third-order valence-corrected chi connectivity index (χ3v) is 11.1. The standard InChI is InChI=1S/C22H26N2Si.C18H15B/c1-2-3-4-11-18-25-22(24-17-16-23-19-24,20-12-7-5-8-13-20)21-14-9-6-10-15-21;1-4-10-16(11-5-1)19(17-12-6-2-7-13-17)18-14-8-3-9-15-18/h2,5-10,12-17,19H,1,3-4,11,18,25H2;1-15H. The van der Waals surface area contributed by atoms with Crippen molar-refractivity contribution in [1.29, 1.82) is 0 Å². The fourth-order valence-corrected chi connectivity index (χ4v) is 8.76. The molecule has 1 aromatic heterocycles. The Morgan fingerprint density at radius 3 is 1.43 bits per heavy atom. The molecule has 0 radical (unpaired) electrons. The molecule has 0 aliphatic heterocycles. The van der Waals surface area contributed by atoms with Gasteiger partial charge in [0.05, 0.1) is 21.0 Å². The Bertz CT molecular complexity index is 1490. The SMILES string of the molecule is C=CCCCC[SiH2]C(c1ccccc1)(c1ccccc1)n1ccnc1.c1ccc(B(c2ccccc2)c2ccccc2)cc1. The summed E-state index contributed by atoms with van der Waals surface area (Å²) < 4.78 is 2.33. The lowest BCUT2D eigenvalue weighted by atomic mass is 9.37. The fourth-order valence-electron chi connectivity index (χ4n) is 6.16. The van der Waals surface area contributed by atoms with Gasteiger partial charge >= 0.3 is 0 Å². The molecule has 6 rings (SSSR count). The van der Waals surface area contributed by atoms with E-state index < -0.39 is 9.52 Å². The predicted octanol–water partition coefficient (Wildman–Crippen LogP) is 6.78. The minimum atomic E-state index is -0.486. The molecule has 5 aromatic carbocycles. The molecular weight excluding hydrogens is 547 g/mol. The first-order valence-corrected chi connectivity index (χ1v) is 17.4.